The van der Waals surface area contributed by atoms with Gasteiger partial charge in [-0.2, -0.15) is 0 Å². The monoisotopic (exact) mass is 301 g/mol. The maximum absolute atomic E-state index is 12.6. The van der Waals surface area contributed by atoms with Crippen LogP contribution >= 0.6 is 0 Å². The Morgan fingerprint density at radius 3 is 2.57 bits per heavy atom. The number of ether oxygens (including phenoxy) is 1. The van der Waals surface area contributed by atoms with Crippen molar-refractivity contribution in [2.45, 2.75) is 25.9 Å². The van der Waals surface area contributed by atoms with Crippen molar-refractivity contribution in [2.24, 2.45) is 0 Å². The molecule has 7 heteroatoms. The minimum atomic E-state index is -0.896. The van der Waals surface area contributed by atoms with Crippen LogP contribution in [-0.2, 0) is 9.53 Å². The molecule has 1 heterocycles. The Morgan fingerprint density at radius 1 is 1.29 bits per heavy atom. The third kappa shape index (κ3) is 6.31. The number of hydrogen-bond acceptors (Lipinski definition) is 4. The number of nitrogens with zero attached hydrogens (tertiary/aromatic N) is 3. The first-order valence-corrected chi connectivity index (χ1v) is 7.46. The summed E-state index contributed by atoms with van der Waals surface area (Å²) in [5, 5.41) is 8.83. The topological polar surface area (TPSA) is 73.3 Å². The molecule has 0 aliphatic carbocycles. The fourth-order valence-corrected chi connectivity index (χ4v) is 2.31. The Bertz CT molecular complexity index is 349. The van der Waals surface area contributed by atoms with Gasteiger partial charge in [-0.25, -0.2) is 4.79 Å². The Kier molecular flexibility index (Phi) is 7.45. The van der Waals surface area contributed by atoms with Crippen molar-refractivity contribution in [1.82, 2.24) is 14.7 Å². The predicted octanol–water partition coefficient (Wildman–Crippen LogP) is 0.556. The average molecular weight is 301 g/mol. The first-order valence-electron chi connectivity index (χ1n) is 7.46. The summed E-state index contributed by atoms with van der Waals surface area (Å²) in [6.45, 7) is 5.53. The first kappa shape index (κ1) is 17.7. The zero-order chi connectivity index (χ0) is 15.8. The van der Waals surface area contributed by atoms with Crippen LogP contribution in [0.5, 0.6) is 0 Å². The normalized spacial score (nSPS) is 18.9. The van der Waals surface area contributed by atoms with E-state index in [-0.39, 0.29) is 12.5 Å². The van der Waals surface area contributed by atoms with Crippen molar-refractivity contribution < 1.29 is 19.4 Å². The summed E-state index contributed by atoms with van der Waals surface area (Å²) in [6, 6.07) is -0.0163. The number of likely N-dealkylation sites (N-methyl/N-ethyl adjacent to an activating group) is 1. The zero-order valence-electron chi connectivity index (χ0n) is 13.2. The highest BCUT2D eigenvalue weighted by atomic mass is 16.5. The molecule has 122 valence electrons. The number of urea groups is 1. The fourth-order valence-electron chi connectivity index (χ4n) is 2.31. The number of carbonyl (C=O) groups excluding carboxylic acids is 1. The summed E-state index contributed by atoms with van der Waals surface area (Å²) in [5.41, 5.74) is 0. The summed E-state index contributed by atoms with van der Waals surface area (Å²) >= 11 is 0. The molecule has 1 rings (SSSR count). The fraction of sp³-hybridized carbons (Fsp3) is 0.857. The van der Waals surface area contributed by atoms with E-state index in [0.29, 0.717) is 32.8 Å². The predicted molar refractivity (Wildman–Crippen MR) is 79.4 cm³/mol. The lowest BCUT2D eigenvalue weighted by Gasteiger charge is -2.36. The molecule has 1 saturated heterocycles. The Balaban J connectivity index is 2.57. The molecule has 7 nitrogen and oxygen atoms in total. The van der Waals surface area contributed by atoms with E-state index in [4.69, 9.17) is 9.84 Å². The summed E-state index contributed by atoms with van der Waals surface area (Å²) < 4.78 is 5.41. The lowest BCUT2D eigenvalue weighted by atomic mass is 10.2. The van der Waals surface area contributed by atoms with E-state index in [0.717, 1.165) is 13.0 Å². The highest BCUT2D eigenvalue weighted by Gasteiger charge is 2.28. The minimum Gasteiger partial charge on any atom is -0.481 e. The Hall–Kier alpha value is -1.34. The van der Waals surface area contributed by atoms with Crippen molar-refractivity contribution in [1.29, 1.82) is 0 Å². The molecule has 1 fully saturated rings. The molecule has 1 aliphatic heterocycles. The minimum absolute atomic E-state index is 0.0163. The van der Waals surface area contributed by atoms with Crippen molar-refractivity contribution in [3.63, 3.8) is 0 Å². The van der Waals surface area contributed by atoms with Gasteiger partial charge in [-0.15, -0.1) is 0 Å². The quantitative estimate of drug-likeness (QED) is 0.743. The molecule has 0 spiro atoms. The van der Waals surface area contributed by atoms with E-state index in [1.165, 1.54) is 0 Å². The summed E-state index contributed by atoms with van der Waals surface area (Å²) in [7, 11) is 3.96. The second kappa shape index (κ2) is 8.84. The van der Waals surface area contributed by atoms with Crippen molar-refractivity contribution in [3.8, 4) is 0 Å². The van der Waals surface area contributed by atoms with Gasteiger partial charge in [0.15, 0.2) is 0 Å². The third-order valence-corrected chi connectivity index (χ3v) is 3.39. The molecule has 0 radical (unpaired) electrons. The van der Waals surface area contributed by atoms with Crippen LogP contribution in [0.2, 0.25) is 0 Å². The molecule has 1 atom stereocenters. The van der Waals surface area contributed by atoms with E-state index >= 15 is 0 Å². The van der Waals surface area contributed by atoms with Crippen molar-refractivity contribution in [2.75, 3.05) is 53.4 Å². The van der Waals surface area contributed by atoms with E-state index in [2.05, 4.69) is 0 Å². The number of carbonyl (C=O) groups is 2. The van der Waals surface area contributed by atoms with Gasteiger partial charge < -0.3 is 24.5 Å². The van der Waals surface area contributed by atoms with Gasteiger partial charge in [0.25, 0.3) is 0 Å². The number of aliphatic carboxylic acids is 1. The smallest absolute Gasteiger partial charge is 0.320 e. The van der Waals surface area contributed by atoms with E-state index in [1.54, 1.807) is 4.90 Å². The van der Waals surface area contributed by atoms with E-state index in [1.807, 2.05) is 30.8 Å². The van der Waals surface area contributed by atoms with Gasteiger partial charge >= 0.3 is 12.0 Å². The maximum atomic E-state index is 12.6. The molecule has 0 aromatic heterocycles. The second-order valence-electron chi connectivity index (χ2n) is 5.61. The molecule has 0 bridgehead atoms. The van der Waals surface area contributed by atoms with Crippen LogP contribution in [0.4, 0.5) is 4.79 Å². The van der Waals surface area contributed by atoms with Crippen LogP contribution in [0.15, 0.2) is 0 Å². The molecule has 0 aromatic carbocycles. The number of carboxylic acid groups (broad SMARTS) is 1. The Labute approximate surface area is 126 Å². The zero-order valence-corrected chi connectivity index (χ0v) is 13.2. The van der Waals surface area contributed by atoms with Crippen molar-refractivity contribution in [3.05, 3.63) is 0 Å². The van der Waals surface area contributed by atoms with Crippen LogP contribution in [0, 0.1) is 0 Å². The molecule has 1 unspecified atom stereocenters. The number of rotatable bonds is 7. The maximum Gasteiger partial charge on any atom is 0.320 e. The lowest BCUT2D eigenvalue weighted by Crippen LogP contribution is -2.52. The van der Waals surface area contributed by atoms with Gasteiger partial charge in [0.1, 0.15) is 0 Å². The molecule has 0 aromatic rings. The van der Waals surface area contributed by atoms with Crippen LogP contribution in [-0.4, -0.2) is 91.3 Å². The third-order valence-electron chi connectivity index (χ3n) is 3.39. The van der Waals surface area contributed by atoms with Gasteiger partial charge in [0.05, 0.1) is 19.1 Å². The van der Waals surface area contributed by atoms with Crippen molar-refractivity contribution >= 4 is 12.0 Å². The molecular weight excluding hydrogens is 274 g/mol. The number of amides is 2. The number of carboxylic acids is 1. The van der Waals surface area contributed by atoms with Crippen LogP contribution < -0.4 is 0 Å². The molecule has 0 saturated carbocycles. The summed E-state index contributed by atoms with van der Waals surface area (Å²) in [4.78, 5) is 28.9. The molecular formula is C14H27N3O4. The standard InChI is InChI=1S/C14H27N3O4/c1-4-5-16(7-6-15(2)3)14(20)17-8-9-21-12(11-17)10-13(18)19/h12H,4-11H2,1-3H3,(H,18,19). The molecule has 1 N–H and O–H groups in total. The van der Waals surface area contributed by atoms with Gasteiger partial charge in [-0.1, -0.05) is 6.92 Å². The highest BCUT2D eigenvalue weighted by Crippen LogP contribution is 2.11. The molecule has 21 heavy (non-hydrogen) atoms. The van der Waals surface area contributed by atoms with E-state index in [9.17, 15) is 9.59 Å². The SMILES string of the molecule is CCCN(CCN(C)C)C(=O)N1CCOC(CC(=O)O)C1. The van der Waals surface area contributed by atoms with Crippen LogP contribution in [0.25, 0.3) is 0 Å². The second-order valence-corrected chi connectivity index (χ2v) is 5.61. The lowest BCUT2D eigenvalue weighted by molar-refractivity contribution is -0.141. The van der Waals surface area contributed by atoms with Crippen LogP contribution in [0.1, 0.15) is 19.8 Å². The van der Waals surface area contributed by atoms with Gasteiger partial charge in [0.2, 0.25) is 0 Å². The average Bonchev–Trinajstić information content (AvgIpc) is 2.42. The van der Waals surface area contributed by atoms with E-state index < -0.39 is 12.1 Å². The van der Waals surface area contributed by atoms with Gasteiger partial charge in [0, 0.05) is 32.7 Å². The Morgan fingerprint density at radius 2 is 2.00 bits per heavy atom. The van der Waals surface area contributed by atoms with Crippen LogP contribution in [0.3, 0.4) is 0 Å². The first-order chi connectivity index (χ1) is 9.93. The molecule has 1 aliphatic rings. The summed E-state index contributed by atoms with van der Waals surface area (Å²) in [6.07, 6.45) is 0.439. The largest absolute Gasteiger partial charge is 0.481 e. The number of hydrogen-bond donors (Lipinski definition) is 1. The summed E-state index contributed by atoms with van der Waals surface area (Å²) in [5.74, 6) is -0.896. The highest BCUT2D eigenvalue weighted by molar-refractivity contribution is 5.75. The van der Waals surface area contributed by atoms with Gasteiger partial charge in [-0.3, -0.25) is 4.79 Å². The van der Waals surface area contributed by atoms with Gasteiger partial charge in [-0.05, 0) is 20.5 Å². The number of morpholine rings is 1. The molecule has 2 amide bonds.